The lowest BCUT2D eigenvalue weighted by molar-refractivity contribution is 0.0734. The van der Waals surface area contributed by atoms with Crippen molar-refractivity contribution in [3.8, 4) is 17.2 Å². The van der Waals surface area contributed by atoms with Gasteiger partial charge in [-0.1, -0.05) is 35.9 Å². The van der Waals surface area contributed by atoms with Gasteiger partial charge in [0.15, 0.2) is 5.76 Å². The van der Waals surface area contributed by atoms with Gasteiger partial charge in [0.2, 0.25) is 5.78 Å². The van der Waals surface area contributed by atoms with E-state index in [4.69, 9.17) is 14.2 Å². The van der Waals surface area contributed by atoms with E-state index in [1.165, 1.54) is 0 Å². The van der Waals surface area contributed by atoms with E-state index in [2.05, 4.69) is 0 Å². The number of Topliss-reactive ketones (excluding diaryl/α,β-unsaturated/α-hetero) is 1. The third-order valence-corrected chi connectivity index (χ3v) is 4.53. The van der Waals surface area contributed by atoms with Gasteiger partial charge in [-0.3, -0.25) is 4.79 Å². The number of ether oxygens (including phenoxy) is 3. The van der Waals surface area contributed by atoms with E-state index < -0.39 is 5.97 Å². The second-order valence-electron chi connectivity index (χ2n) is 6.60. The highest BCUT2D eigenvalue weighted by molar-refractivity contribution is 6.14. The van der Waals surface area contributed by atoms with E-state index in [9.17, 15) is 9.59 Å². The molecule has 3 aromatic carbocycles. The zero-order valence-electron chi connectivity index (χ0n) is 16.0. The average molecular weight is 386 g/mol. The van der Waals surface area contributed by atoms with Crippen LogP contribution < -0.4 is 14.2 Å². The fourth-order valence-electron chi connectivity index (χ4n) is 3.10. The minimum atomic E-state index is -0.470. The number of hydrogen-bond donors (Lipinski definition) is 0. The van der Waals surface area contributed by atoms with Gasteiger partial charge in [-0.15, -0.1) is 0 Å². The Balaban J connectivity index is 1.57. The number of methoxy groups -OCH3 is 1. The van der Waals surface area contributed by atoms with E-state index in [1.54, 1.807) is 49.6 Å². The van der Waals surface area contributed by atoms with Crippen molar-refractivity contribution < 1.29 is 23.8 Å². The van der Waals surface area contributed by atoms with E-state index in [1.807, 2.05) is 37.3 Å². The molecular weight excluding hydrogens is 368 g/mol. The van der Waals surface area contributed by atoms with E-state index >= 15 is 0 Å². The van der Waals surface area contributed by atoms with Gasteiger partial charge in [-0.05, 0) is 43.3 Å². The number of fused-ring (bicyclic) bond motifs is 1. The average Bonchev–Trinajstić information content (AvgIpc) is 3.03. The molecule has 3 aromatic rings. The summed E-state index contributed by atoms with van der Waals surface area (Å²) in [7, 11) is 1.57. The molecule has 0 spiro atoms. The second kappa shape index (κ2) is 7.64. The number of ketones is 1. The lowest BCUT2D eigenvalue weighted by Crippen LogP contribution is -2.08. The fraction of sp³-hybridized carbons (Fsp3) is 0.0833. The SMILES string of the molecule is COc1ccccc1/C=C1\Oc2cc(OC(=O)c3cccc(C)c3)ccc2C1=O. The summed E-state index contributed by atoms with van der Waals surface area (Å²) >= 11 is 0. The molecule has 1 aliphatic rings. The monoisotopic (exact) mass is 386 g/mol. The Morgan fingerprint density at radius 2 is 1.83 bits per heavy atom. The third-order valence-electron chi connectivity index (χ3n) is 4.53. The summed E-state index contributed by atoms with van der Waals surface area (Å²) in [5.74, 6) is 0.782. The Hall–Kier alpha value is -3.86. The molecule has 4 rings (SSSR count). The summed E-state index contributed by atoms with van der Waals surface area (Å²) in [5, 5.41) is 0. The van der Waals surface area contributed by atoms with Crippen LogP contribution in [0.15, 0.2) is 72.5 Å². The molecule has 0 N–H and O–H groups in total. The number of benzene rings is 3. The van der Waals surface area contributed by atoms with Crippen LogP contribution in [-0.4, -0.2) is 18.9 Å². The highest BCUT2D eigenvalue weighted by atomic mass is 16.5. The standard InChI is InChI=1S/C24H18O5/c1-15-6-5-8-17(12-15)24(26)28-18-10-11-19-21(14-18)29-22(23(19)25)13-16-7-3-4-9-20(16)27-2/h3-14H,1-2H3/b22-13-. The van der Waals surface area contributed by atoms with Crippen LogP contribution in [0, 0.1) is 6.92 Å². The molecule has 5 nitrogen and oxygen atoms in total. The van der Waals surface area contributed by atoms with Gasteiger partial charge in [-0.2, -0.15) is 0 Å². The van der Waals surface area contributed by atoms with Crippen LogP contribution in [0.4, 0.5) is 0 Å². The summed E-state index contributed by atoms with van der Waals surface area (Å²) in [5.41, 5.74) is 2.58. The Morgan fingerprint density at radius 3 is 2.62 bits per heavy atom. The molecule has 1 aliphatic heterocycles. The van der Waals surface area contributed by atoms with Crippen LogP contribution in [-0.2, 0) is 0 Å². The highest BCUT2D eigenvalue weighted by Gasteiger charge is 2.28. The van der Waals surface area contributed by atoms with Crippen LogP contribution in [0.5, 0.6) is 17.2 Å². The summed E-state index contributed by atoms with van der Waals surface area (Å²) in [6, 6.07) is 19.2. The number of aryl methyl sites for hydroxylation is 1. The van der Waals surface area contributed by atoms with Gasteiger partial charge < -0.3 is 14.2 Å². The molecule has 0 aromatic heterocycles. The van der Waals surface area contributed by atoms with Crippen molar-refractivity contribution in [3.05, 3.63) is 94.7 Å². The first-order valence-electron chi connectivity index (χ1n) is 9.05. The smallest absolute Gasteiger partial charge is 0.343 e. The largest absolute Gasteiger partial charge is 0.496 e. The van der Waals surface area contributed by atoms with Gasteiger partial charge in [0.05, 0.1) is 18.2 Å². The zero-order chi connectivity index (χ0) is 20.4. The molecular formula is C24H18O5. The number of allylic oxidation sites excluding steroid dienone is 1. The minimum absolute atomic E-state index is 0.187. The number of hydrogen-bond acceptors (Lipinski definition) is 5. The van der Waals surface area contributed by atoms with Gasteiger partial charge in [0.1, 0.15) is 17.2 Å². The Morgan fingerprint density at radius 1 is 1.00 bits per heavy atom. The quantitative estimate of drug-likeness (QED) is 0.365. The molecule has 0 atom stereocenters. The maximum absolute atomic E-state index is 12.7. The molecule has 0 aliphatic carbocycles. The van der Waals surface area contributed by atoms with Crippen molar-refractivity contribution in [2.45, 2.75) is 6.92 Å². The van der Waals surface area contributed by atoms with E-state index in [-0.39, 0.29) is 11.5 Å². The predicted octanol–water partition coefficient (Wildman–Crippen LogP) is 4.84. The van der Waals surface area contributed by atoms with Crippen molar-refractivity contribution in [2.24, 2.45) is 0 Å². The molecule has 1 heterocycles. The molecule has 29 heavy (non-hydrogen) atoms. The first kappa shape index (κ1) is 18.5. The van der Waals surface area contributed by atoms with Crippen molar-refractivity contribution in [2.75, 3.05) is 7.11 Å². The lowest BCUT2D eigenvalue weighted by atomic mass is 10.1. The van der Waals surface area contributed by atoms with Crippen molar-refractivity contribution >= 4 is 17.8 Å². The fourth-order valence-corrected chi connectivity index (χ4v) is 3.10. The van der Waals surface area contributed by atoms with Crippen molar-refractivity contribution in [3.63, 3.8) is 0 Å². The van der Waals surface area contributed by atoms with E-state index in [0.29, 0.717) is 28.4 Å². The summed E-state index contributed by atoms with van der Waals surface area (Å²) in [4.78, 5) is 25.0. The minimum Gasteiger partial charge on any atom is -0.496 e. The Labute approximate surface area is 168 Å². The first-order valence-corrected chi connectivity index (χ1v) is 9.05. The highest BCUT2D eigenvalue weighted by Crippen LogP contribution is 2.35. The van der Waals surface area contributed by atoms with Crippen molar-refractivity contribution in [1.82, 2.24) is 0 Å². The second-order valence-corrected chi connectivity index (χ2v) is 6.60. The topological polar surface area (TPSA) is 61.8 Å². The van der Waals surface area contributed by atoms with Crippen LogP contribution in [0.3, 0.4) is 0 Å². The maximum atomic E-state index is 12.7. The number of para-hydroxylation sites is 1. The molecule has 0 unspecified atom stereocenters. The Bertz CT molecular complexity index is 1140. The predicted molar refractivity (Wildman–Crippen MR) is 109 cm³/mol. The number of carbonyl (C=O) groups excluding carboxylic acids is 2. The number of carbonyl (C=O) groups is 2. The number of esters is 1. The Kier molecular flexibility index (Phi) is 4.87. The molecule has 0 fully saturated rings. The van der Waals surface area contributed by atoms with Gasteiger partial charge >= 0.3 is 5.97 Å². The molecule has 0 amide bonds. The molecule has 0 radical (unpaired) electrons. The number of rotatable bonds is 4. The summed E-state index contributed by atoms with van der Waals surface area (Å²) < 4.78 is 16.5. The van der Waals surface area contributed by atoms with Crippen molar-refractivity contribution in [1.29, 1.82) is 0 Å². The van der Waals surface area contributed by atoms with Crippen LogP contribution in [0.2, 0.25) is 0 Å². The van der Waals surface area contributed by atoms with Gasteiger partial charge in [0, 0.05) is 11.6 Å². The molecule has 144 valence electrons. The molecule has 0 saturated heterocycles. The zero-order valence-corrected chi connectivity index (χ0v) is 16.0. The maximum Gasteiger partial charge on any atom is 0.343 e. The normalized spacial score (nSPS) is 13.7. The van der Waals surface area contributed by atoms with Crippen LogP contribution in [0.25, 0.3) is 6.08 Å². The third kappa shape index (κ3) is 3.75. The molecule has 0 bridgehead atoms. The van der Waals surface area contributed by atoms with Crippen LogP contribution >= 0.6 is 0 Å². The van der Waals surface area contributed by atoms with Gasteiger partial charge in [0.25, 0.3) is 0 Å². The van der Waals surface area contributed by atoms with Gasteiger partial charge in [-0.25, -0.2) is 4.79 Å². The summed E-state index contributed by atoms with van der Waals surface area (Å²) in [6.07, 6.45) is 1.64. The lowest BCUT2D eigenvalue weighted by Gasteiger charge is -2.06. The molecule has 5 heteroatoms. The van der Waals surface area contributed by atoms with Crippen LogP contribution in [0.1, 0.15) is 31.8 Å². The van der Waals surface area contributed by atoms with E-state index in [0.717, 1.165) is 11.1 Å². The first-order chi connectivity index (χ1) is 14.0. The molecule has 0 saturated carbocycles. The summed E-state index contributed by atoms with van der Waals surface area (Å²) in [6.45, 7) is 1.90.